The van der Waals surface area contributed by atoms with E-state index in [1.165, 1.54) is 5.56 Å². The van der Waals surface area contributed by atoms with Gasteiger partial charge in [-0.2, -0.15) is 5.10 Å². The maximum absolute atomic E-state index is 6.56. The maximum atomic E-state index is 6.56. The van der Waals surface area contributed by atoms with Crippen LogP contribution in [-0.4, -0.2) is 29.9 Å². The van der Waals surface area contributed by atoms with Crippen LogP contribution in [0.3, 0.4) is 0 Å². The number of hydrogen-bond acceptors (Lipinski definition) is 3. The smallest absolute Gasteiger partial charge is 0.190 e. The molecule has 1 N–H and O–H groups in total. The number of hydrazone groups is 1. The molecular weight excluding hydrogens is 424 g/mol. The van der Waals surface area contributed by atoms with E-state index in [1.54, 1.807) is 0 Å². The quantitative estimate of drug-likeness (QED) is 0.512. The van der Waals surface area contributed by atoms with Crippen molar-refractivity contribution in [2.24, 2.45) is 5.10 Å². The van der Waals surface area contributed by atoms with Crippen molar-refractivity contribution in [3.63, 3.8) is 0 Å². The van der Waals surface area contributed by atoms with Crippen LogP contribution in [0.15, 0.2) is 84.0 Å². The molecule has 6 heteroatoms. The van der Waals surface area contributed by atoms with Gasteiger partial charge in [-0.25, -0.2) is 5.01 Å². The lowest BCUT2D eigenvalue weighted by atomic mass is 9.98. The van der Waals surface area contributed by atoms with E-state index in [1.807, 2.05) is 55.5 Å². The van der Waals surface area contributed by atoms with Crippen LogP contribution >= 0.6 is 23.8 Å². The molecule has 0 radical (unpaired) electrons. The van der Waals surface area contributed by atoms with Crippen molar-refractivity contribution in [1.82, 2.24) is 10.3 Å². The zero-order valence-electron chi connectivity index (χ0n) is 17.6. The summed E-state index contributed by atoms with van der Waals surface area (Å²) in [5, 5.41) is 11.5. The summed E-state index contributed by atoms with van der Waals surface area (Å²) in [7, 11) is 4.08. The lowest BCUT2D eigenvalue weighted by molar-refractivity contribution is 0.364. The number of thiocarbonyl (C=S) groups is 1. The van der Waals surface area contributed by atoms with Crippen LogP contribution in [0.2, 0.25) is 5.02 Å². The number of halogens is 1. The van der Waals surface area contributed by atoms with Gasteiger partial charge in [0.25, 0.3) is 0 Å². The molecule has 0 unspecified atom stereocenters. The van der Waals surface area contributed by atoms with E-state index in [9.17, 15) is 0 Å². The summed E-state index contributed by atoms with van der Waals surface area (Å²) in [6, 6.07) is 26.5. The molecule has 4 nitrogen and oxygen atoms in total. The highest BCUT2D eigenvalue weighted by Gasteiger charge is 2.32. The van der Waals surface area contributed by atoms with Gasteiger partial charge in [0.15, 0.2) is 5.11 Å². The van der Waals surface area contributed by atoms with Crippen molar-refractivity contribution in [1.29, 1.82) is 0 Å². The molecule has 158 valence electrons. The first-order chi connectivity index (χ1) is 15.0. The zero-order chi connectivity index (χ0) is 21.8. The molecule has 4 rings (SSSR count). The van der Waals surface area contributed by atoms with Gasteiger partial charge in [0, 0.05) is 37.8 Å². The van der Waals surface area contributed by atoms with Gasteiger partial charge >= 0.3 is 0 Å². The van der Waals surface area contributed by atoms with E-state index in [4.69, 9.17) is 28.9 Å². The molecule has 0 fully saturated rings. The number of nitrogens with one attached hydrogen (secondary N) is 1. The maximum Gasteiger partial charge on any atom is 0.190 e. The van der Waals surface area contributed by atoms with Crippen molar-refractivity contribution >= 4 is 40.3 Å². The first kappa shape index (κ1) is 21.3. The van der Waals surface area contributed by atoms with Gasteiger partial charge in [0.1, 0.15) is 0 Å². The molecule has 0 amide bonds. The van der Waals surface area contributed by atoms with Crippen LogP contribution in [0.4, 0.5) is 5.69 Å². The lowest BCUT2D eigenvalue weighted by Gasteiger charge is -2.25. The normalized spacial score (nSPS) is 15.5. The SMILES string of the molecule is CN(C)c1cccc(C2=NN(C(=S)NCc3ccccc3)[C@@H](c3ccccc3Cl)C2)c1. The molecule has 0 bridgehead atoms. The molecule has 0 aromatic heterocycles. The Morgan fingerprint density at radius 2 is 1.81 bits per heavy atom. The van der Waals surface area contributed by atoms with E-state index in [0.29, 0.717) is 11.7 Å². The summed E-state index contributed by atoms with van der Waals surface area (Å²) in [5.74, 6) is 0. The molecule has 1 atom stereocenters. The van der Waals surface area contributed by atoms with Crippen LogP contribution in [-0.2, 0) is 6.54 Å². The Bertz CT molecular complexity index is 1100. The van der Waals surface area contributed by atoms with Crippen LogP contribution in [0.5, 0.6) is 0 Å². The summed E-state index contributed by atoms with van der Waals surface area (Å²) in [4.78, 5) is 2.09. The Hall–Kier alpha value is -2.89. The third-order valence-electron chi connectivity index (χ3n) is 5.37. The molecule has 1 aliphatic rings. The van der Waals surface area contributed by atoms with Gasteiger partial charge in [0.05, 0.1) is 11.8 Å². The standard InChI is InChI=1S/C25H25ClN4S/c1-29(2)20-12-8-11-19(15-20)23-16-24(21-13-6-7-14-22(21)26)30(28-23)25(31)27-17-18-9-4-3-5-10-18/h3-15,24H,16-17H2,1-2H3,(H,27,31)/t24-/m1/s1. The Morgan fingerprint density at radius 1 is 1.06 bits per heavy atom. The average molecular weight is 449 g/mol. The Balaban J connectivity index is 1.63. The monoisotopic (exact) mass is 448 g/mol. The molecule has 0 aliphatic carbocycles. The van der Waals surface area contributed by atoms with Crippen LogP contribution in [0.25, 0.3) is 0 Å². The first-order valence-corrected chi connectivity index (χ1v) is 11.0. The van der Waals surface area contributed by atoms with Gasteiger partial charge in [-0.1, -0.05) is 72.3 Å². The number of rotatable bonds is 5. The van der Waals surface area contributed by atoms with Crippen LogP contribution in [0, 0.1) is 0 Å². The van der Waals surface area contributed by atoms with E-state index in [0.717, 1.165) is 34.0 Å². The summed E-state index contributed by atoms with van der Waals surface area (Å²) < 4.78 is 0. The van der Waals surface area contributed by atoms with Gasteiger partial charge in [-0.3, -0.25) is 0 Å². The molecule has 1 heterocycles. The number of anilines is 1. The minimum Gasteiger partial charge on any atom is -0.378 e. The summed E-state index contributed by atoms with van der Waals surface area (Å²) in [5.41, 5.74) is 5.42. The van der Waals surface area contributed by atoms with Crippen molar-refractivity contribution in [2.75, 3.05) is 19.0 Å². The highest BCUT2D eigenvalue weighted by Crippen LogP contribution is 2.36. The Morgan fingerprint density at radius 3 is 2.55 bits per heavy atom. The minimum atomic E-state index is -0.0533. The lowest BCUT2D eigenvalue weighted by Crippen LogP contribution is -2.36. The second-order valence-electron chi connectivity index (χ2n) is 7.72. The van der Waals surface area contributed by atoms with Crippen molar-refractivity contribution in [2.45, 2.75) is 19.0 Å². The molecule has 0 saturated heterocycles. The molecule has 0 spiro atoms. The van der Waals surface area contributed by atoms with Crippen LogP contribution < -0.4 is 10.2 Å². The predicted molar refractivity (Wildman–Crippen MR) is 134 cm³/mol. The predicted octanol–water partition coefficient (Wildman–Crippen LogP) is 5.63. The van der Waals surface area contributed by atoms with E-state index in [2.05, 4.69) is 52.7 Å². The highest BCUT2D eigenvalue weighted by molar-refractivity contribution is 7.80. The number of hydrogen-bond donors (Lipinski definition) is 1. The molecule has 1 aliphatic heterocycles. The largest absolute Gasteiger partial charge is 0.378 e. The van der Waals surface area contributed by atoms with Gasteiger partial charge in [-0.15, -0.1) is 0 Å². The van der Waals surface area contributed by atoms with Crippen molar-refractivity contribution in [3.8, 4) is 0 Å². The Kier molecular flexibility index (Phi) is 6.54. The number of nitrogens with zero attached hydrogens (tertiary/aromatic N) is 3. The second kappa shape index (κ2) is 9.50. The van der Waals surface area contributed by atoms with E-state index >= 15 is 0 Å². The van der Waals surface area contributed by atoms with Crippen LogP contribution in [0.1, 0.15) is 29.2 Å². The van der Waals surface area contributed by atoms with Crippen molar-refractivity contribution in [3.05, 3.63) is 101 Å². The third-order valence-corrected chi connectivity index (χ3v) is 6.04. The Labute approximate surface area is 194 Å². The molecule has 31 heavy (non-hydrogen) atoms. The summed E-state index contributed by atoms with van der Waals surface area (Å²) >= 11 is 12.3. The van der Waals surface area contributed by atoms with E-state index in [-0.39, 0.29) is 6.04 Å². The van der Waals surface area contributed by atoms with Gasteiger partial charge < -0.3 is 10.2 Å². The number of benzene rings is 3. The second-order valence-corrected chi connectivity index (χ2v) is 8.52. The highest BCUT2D eigenvalue weighted by atomic mass is 35.5. The first-order valence-electron chi connectivity index (χ1n) is 10.2. The molecule has 3 aromatic carbocycles. The van der Waals surface area contributed by atoms with E-state index < -0.39 is 0 Å². The molecular formula is C25H25ClN4S. The van der Waals surface area contributed by atoms with Crippen molar-refractivity contribution < 1.29 is 0 Å². The summed E-state index contributed by atoms with van der Waals surface area (Å²) in [6.07, 6.45) is 0.730. The minimum absolute atomic E-state index is 0.0533. The zero-order valence-corrected chi connectivity index (χ0v) is 19.2. The fourth-order valence-electron chi connectivity index (χ4n) is 3.68. The molecule has 3 aromatic rings. The molecule has 0 saturated carbocycles. The fraction of sp³-hybridized carbons (Fsp3) is 0.200. The summed E-state index contributed by atoms with van der Waals surface area (Å²) in [6.45, 7) is 0.645. The average Bonchev–Trinajstić information content (AvgIpc) is 3.24. The van der Waals surface area contributed by atoms with Gasteiger partial charge in [-0.05, 0) is 47.1 Å². The van der Waals surface area contributed by atoms with Gasteiger partial charge in [0.2, 0.25) is 0 Å². The topological polar surface area (TPSA) is 30.9 Å². The third kappa shape index (κ3) is 4.89. The fourth-order valence-corrected chi connectivity index (χ4v) is 4.18.